The molecule has 6 N–H and O–H groups in total. The summed E-state index contributed by atoms with van der Waals surface area (Å²) in [7, 11) is -3.88. The zero-order valence-corrected chi connectivity index (χ0v) is 9.88. The number of hydrogen-bond acceptors (Lipinski definition) is 3. The van der Waals surface area contributed by atoms with Gasteiger partial charge >= 0.3 is 0 Å². The van der Waals surface area contributed by atoms with E-state index in [0.717, 1.165) is 5.56 Å². The minimum Gasteiger partial charge on any atom is -0.398 e. The Balaban J connectivity index is 3.51. The van der Waals surface area contributed by atoms with E-state index < -0.39 is 16.0 Å². The van der Waals surface area contributed by atoms with Crippen LogP contribution in [0.1, 0.15) is 11.1 Å². The SMILES string of the molecule is Cc1cc(N)c(C)c(S(=O)(=O)N=C(N)N)c1. The van der Waals surface area contributed by atoms with Gasteiger partial charge in [-0.05, 0) is 37.1 Å². The monoisotopic (exact) mass is 242 g/mol. The summed E-state index contributed by atoms with van der Waals surface area (Å²) >= 11 is 0. The van der Waals surface area contributed by atoms with Crippen molar-refractivity contribution < 1.29 is 8.42 Å². The van der Waals surface area contributed by atoms with E-state index in [2.05, 4.69) is 4.40 Å². The number of nitrogens with zero attached hydrogens (tertiary/aromatic N) is 1. The topological polar surface area (TPSA) is 125 Å². The van der Waals surface area contributed by atoms with Gasteiger partial charge in [0.2, 0.25) is 5.96 Å². The van der Waals surface area contributed by atoms with Crippen molar-refractivity contribution in [3.8, 4) is 0 Å². The molecule has 0 fully saturated rings. The summed E-state index contributed by atoms with van der Waals surface area (Å²) in [6.07, 6.45) is 0. The lowest BCUT2D eigenvalue weighted by Crippen LogP contribution is -2.24. The first-order valence-electron chi connectivity index (χ1n) is 4.46. The van der Waals surface area contributed by atoms with Gasteiger partial charge < -0.3 is 17.2 Å². The molecule has 1 aromatic carbocycles. The first-order valence-corrected chi connectivity index (χ1v) is 5.90. The van der Waals surface area contributed by atoms with Crippen molar-refractivity contribution in [2.75, 3.05) is 5.73 Å². The van der Waals surface area contributed by atoms with Gasteiger partial charge in [0.05, 0.1) is 4.90 Å². The maximum atomic E-state index is 11.8. The molecule has 0 aliphatic rings. The van der Waals surface area contributed by atoms with E-state index in [1.807, 2.05) is 0 Å². The molecule has 0 saturated heterocycles. The number of hydrogen-bond donors (Lipinski definition) is 3. The van der Waals surface area contributed by atoms with E-state index in [-0.39, 0.29) is 4.90 Å². The van der Waals surface area contributed by atoms with E-state index in [4.69, 9.17) is 17.2 Å². The van der Waals surface area contributed by atoms with Gasteiger partial charge in [-0.2, -0.15) is 8.42 Å². The molecule has 1 aromatic rings. The maximum absolute atomic E-state index is 11.8. The smallest absolute Gasteiger partial charge is 0.285 e. The van der Waals surface area contributed by atoms with Crippen LogP contribution >= 0.6 is 0 Å². The lowest BCUT2D eigenvalue weighted by Gasteiger charge is -2.08. The molecule has 6 nitrogen and oxygen atoms in total. The summed E-state index contributed by atoms with van der Waals surface area (Å²) in [6.45, 7) is 3.34. The molecule has 0 atom stereocenters. The van der Waals surface area contributed by atoms with E-state index in [1.165, 1.54) is 6.07 Å². The lowest BCUT2D eigenvalue weighted by atomic mass is 10.1. The average Bonchev–Trinajstić information content (AvgIpc) is 2.08. The minimum atomic E-state index is -3.88. The third-order valence-electron chi connectivity index (χ3n) is 2.05. The molecular weight excluding hydrogens is 228 g/mol. The van der Waals surface area contributed by atoms with Gasteiger partial charge in [0.25, 0.3) is 10.0 Å². The van der Waals surface area contributed by atoms with Crippen molar-refractivity contribution in [1.82, 2.24) is 0 Å². The Labute approximate surface area is 94.2 Å². The Morgan fingerprint density at radius 2 is 1.81 bits per heavy atom. The fraction of sp³-hybridized carbons (Fsp3) is 0.222. The van der Waals surface area contributed by atoms with Crippen LogP contribution in [0.3, 0.4) is 0 Å². The van der Waals surface area contributed by atoms with Crippen LogP contribution in [-0.4, -0.2) is 14.4 Å². The number of nitrogen functional groups attached to an aromatic ring is 1. The quantitative estimate of drug-likeness (QED) is 0.378. The molecule has 0 amide bonds. The summed E-state index contributed by atoms with van der Waals surface area (Å²) in [6, 6.07) is 3.16. The van der Waals surface area contributed by atoms with Crippen LogP contribution < -0.4 is 17.2 Å². The summed E-state index contributed by atoms with van der Waals surface area (Å²) in [5.74, 6) is -0.500. The van der Waals surface area contributed by atoms with E-state index in [9.17, 15) is 8.42 Å². The Morgan fingerprint density at radius 3 is 2.31 bits per heavy atom. The molecule has 0 radical (unpaired) electrons. The van der Waals surface area contributed by atoms with Gasteiger partial charge in [0.1, 0.15) is 0 Å². The van der Waals surface area contributed by atoms with Crippen molar-refractivity contribution in [1.29, 1.82) is 0 Å². The van der Waals surface area contributed by atoms with Crippen molar-refractivity contribution in [3.63, 3.8) is 0 Å². The Hall–Kier alpha value is -1.76. The van der Waals surface area contributed by atoms with Crippen LogP contribution in [0.4, 0.5) is 5.69 Å². The molecular formula is C9H14N4O2S. The predicted molar refractivity (Wildman–Crippen MR) is 63.3 cm³/mol. The van der Waals surface area contributed by atoms with Crippen LogP contribution in [0.2, 0.25) is 0 Å². The van der Waals surface area contributed by atoms with Crippen molar-refractivity contribution in [2.45, 2.75) is 18.7 Å². The minimum absolute atomic E-state index is 0.0263. The van der Waals surface area contributed by atoms with Crippen LogP contribution in [-0.2, 0) is 10.0 Å². The Morgan fingerprint density at radius 1 is 1.25 bits per heavy atom. The van der Waals surface area contributed by atoms with Gasteiger partial charge in [-0.15, -0.1) is 4.40 Å². The number of rotatable bonds is 2. The van der Waals surface area contributed by atoms with E-state index in [0.29, 0.717) is 11.3 Å². The molecule has 7 heteroatoms. The molecule has 1 rings (SSSR count). The number of sulfonamides is 1. The first-order chi connectivity index (χ1) is 7.24. The zero-order chi connectivity index (χ0) is 12.5. The molecule has 88 valence electrons. The van der Waals surface area contributed by atoms with Crippen LogP contribution in [0.25, 0.3) is 0 Å². The van der Waals surface area contributed by atoms with Gasteiger partial charge in [0.15, 0.2) is 0 Å². The number of nitrogens with two attached hydrogens (primary N) is 3. The van der Waals surface area contributed by atoms with Crippen molar-refractivity contribution in [2.24, 2.45) is 15.9 Å². The molecule has 0 aliphatic carbocycles. The van der Waals surface area contributed by atoms with Crippen molar-refractivity contribution in [3.05, 3.63) is 23.3 Å². The predicted octanol–water partition coefficient (Wildman–Crippen LogP) is -0.152. The first kappa shape index (κ1) is 12.3. The van der Waals surface area contributed by atoms with Gasteiger partial charge in [-0.1, -0.05) is 0 Å². The number of guanidine groups is 1. The number of benzene rings is 1. The standard InChI is InChI=1S/C9H14N4O2S/c1-5-3-7(10)6(2)8(4-5)16(14,15)13-9(11)12/h3-4H,10H2,1-2H3,(H4,11,12,13). The largest absolute Gasteiger partial charge is 0.398 e. The molecule has 0 aliphatic heterocycles. The Kier molecular flexibility index (Phi) is 3.09. The highest BCUT2D eigenvalue weighted by Gasteiger charge is 2.18. The molecule has 0 aromatic heterocycles. The van der Waals surface area contributed by atoms with Crippen molar-refractivity contribution >= 4 is 21.7 Å². The third-order valence-corrected chi connectivity index (χ3v) is 3.48. The van der Waals surface area contributed by atoms with Crippen LogP contribution in [0, 0.1) is 13.8 Å². The summed E-state index contributed by atoms with van der Waals surface area (Å²) in [5, 5.41) is 0. The van der Waals surface area contributed by atoms with Gasteiger partial charge in [-0.25, -0.2) is 0 Å². The second-order valence-corrected chi connectivity index (χ2v) is 5.04. The number of anilines is 1. The second-order valence-electron chi connectivity index (χ2n) is 3.47. The van der Waals surface area contributed by atoms with E-state index >= 15 is 0 Å². The molecule has 16 heavy (non-hydrogen) atoms. The van der Waals surface area contributed by atoms with E-state index in [1.54, 1.807) is 19.9 Å². The van der Waals surface area contributed by atoms with Crippen LogP contribution in [0.15, 0.2) is 21.4 Å². The van der Waals surface area contributed by atoms with Crippen LogP contribution in [0.5, 0.6) is 0 Å². The molecule has 0 bridgehead atoms. The normalized spacial score (nSPS) is 11.1. The highest BCUT2D eigenvalue weighted by Crippen LogP contribution is 2.24. The third kappa shape index (κ3) is 2.43. The summed E-state index contributed by atoms with van der Waals surface area (Å²) < 4.78 is 26.7. The number of aryl methyl sites for hydroxylation is 1. The molecule has 0 saturated carbocycles. The summed E-state index contributed by atoms with van der Waals surface area (Å²) in [5.41, 5.74) is 17.4. The average molecular weight is 242 g/mol. The highest BCUT2D eigenvalue weighted by molar-refractivity contribution is 7.90. The Bertz CT molecular complexity index is 545. The summed E-state index contributed by atoms with van der Waals surface area (Å²) in [4.78, 5) is 0.0263. The lowest BCUT2D eigenvalue weighted by molar-refractivity contribution is 0.597. The van der Waals surface area contributed by atoms with Gasteiger partial charge in [0, 0.05) is 5.69 Å². The zero-order valence-electron chi connectivity index (χ0n) is 9.06. The second kappa shape index (κ2) is 4.01. The van der Waals surface area contributed by atoms with Gasteiger partial charge in [-0.3, -0.25) is 0 Å². The fourth-order valence-electron chi connectivity index (χ4n) is 1.31. The molecule has 0 unspecified atom stereocenters. The molecule has 0 heterocycles. The highest BCUT2D eigenvalue weighted by atomic mass is 32.2. The maximum Gasteiger partial charge on any atom is 0.285 e. The molecule has 0 spiro atoms. The fourth-order valence-corrected chi connectivity index (χ4v) is 2.52.